The molecule has 3 unspecified atom stereocenters. The quantitative estimate of drug-likeness (QED) is 0.325. The van der Waals surface area contributed by atoms with Crippen molar-refractivity contribution in [2.75, 3.05) is 13.7 Å². The lowest BCUT2D eigenvalue weighted by molar-refractivity contribution is -0.459. The molecule has 0 bridgehead atoms. The van der Waals surface area contributed by atoms with Crippen LogP contribution in [-0.4, -0.2) is 79.2 Å². The highest BCUT2D eigenvalue weighted by Crippen LogP contribution is 2.75. The van der Waals surface area contributed by atoms with Gasteiger partial charge in [-0.15, -0.1) is 0 Å². The topological polar surface area (TPSA) is 150 Å². The fraction of sp³-hybridized carbons (Fsp3) is 0.409. The fourth-order valence-electron chi connectivity index (χ4n) is 5.46. The highest BCUT2D eigenvalue weighted by molar-refractivity contribution is 6.30. The second kappa shape index (κ2) is 7.25. The van der Waals surface area contributed by atoms with E-state index in [2.05, 4.69) is 5.32 Å². The number of hydrogen-bond acceptors (Lipinski definition) is 7. The zero-order valence-electron chi connectivity index (χ0n) is 16.6. The Balaban J connectivity index is 1.80. The lowest BCUT2D eigenvalue weighted by Gasteiger charge is -2.80. The summed E-state index contributed by atoms with van der Waals surface area (Å²) in [5, 5.41) is 68.2. The molecule has 0 aliphatic heterocycles. The van der Waals surface area contributed by atoms with Gasteiger partial charge in [-0.25, -0.2) is 0 Å². The van der Waals surface area contributed by atoms with Crippen molar-refractivity contribution in [2.24, 2.45) is 0 Å². The molecule has 2 aliphatic rings. The Morgan fingerprint density at radius 3 is 2.13 bits per heavy atom. The molecule has 31 heavy (non-hydrogen) atoms. The lowest BCUT2D eigenvalue weighted by Crippen LogP contribution is -2.99. The molecule has 8 nitrogen and oxygen atoms in total. The molecule has 4 rings (SSSR count). The zero-order chi connectivity index (χ0) is 22.8. The van der Waals surface area contributed by atoms with Crippen LogP contribution in [0.4, 0.5) is 0 Å². The number of halogens is 1. The van der Waals surface area contributed by atoms with Crippen LogP contribution in [0.3, 0.4) is 0 Å². The molecule has 166 valence electrons. The third kappa shape index (κ3) is 2.55. The Labute approximate surface area is 183 Å². The number of rotatable bonds is 5. The molecule has 9 heteroatoms. The van der Waals surface area contributed by atoms with Crippen LogP contribution in [0.5, 0.6) is 0 Å². The van der Waals surface area contributed by atoms with E-state index >= 15 is 0 Å². The van der Waals surface area contributed by atoms with Gasteiger partial charge in [-0.2, -0.15) is 0 Å². The SMILES string of the molecule is CNC(=O)c1ccc(C2[C@]3(O)C(O)C(c4ccc(Cl)cc4)[C@]3(O)[C@]2(O)[C@H](O)CO)cc1. The number of amides is 1. The van der Waals surface area contributed by atoms with Crippen LogP contribution in [0.15, 0.2) is 48.5 Å². The van der Waals surface area contributed by atoms with Crippen molar-refractivity contribution in [1.82, 2.24) is 5.32 Å². The van der Waals surface area contributed by atoms with Crippen LogP contribution >= 0.6 is 11.6 Å². The van der Waals surface area contributed by atoms with Crippen molar-refractivity contribution < 1.29 is 35.4 Å². The number of nitrogens with one attached hydrogen (secondary N) is 1. The number of benzene rings is 2. The van der Waals surface area contributed by atoms with Gasteiger partial charge in [-0.1, -0.05) is 35.9 Å². The Kier molecular flexibility index (Phi) is 5.18. The van der Waals surface area contributed by atoms with Crippen LogP contribution in [0.1, 0.15) is 33.3 Å². The van der Waals surface area contributed by atoms with Crippen molar-refractivity contribution in [3.8, 4) is 0 Å². The Bertz CT molecular complexity index is 1000. The molecule has 7 atom stereocenters. The van der Waals surface area contributed by atoms with Crippen molar-refractivity contribution in [3.05, 3.63) is 70.2 Å². The highest BCUT2D eigenvalue weighted by atomic mass is 35.5. The first kappa shape index (κ1) is 22.2. The van der Waals surface area contributed by atoms with Gasteiger partial charge >= 0.3 is 0 Å². The first-order chi connectivity index (χ1) is 14.6. The monoisotopic (exact) mass is 449 g/mol. The van der Waals surface area contributed by atoms with Crippen molar-refractivity contribution in [3.63, 3.8) is 0 Å². The number of hydrogen-bond donors (Lipinski definition) is 7. The summed E-state index contributed by atoms with van der Waals surface area (Å²) in [5.74, 6) is -2.81. The summed E-state index contributed by atoms with van der Waals surface area (Å²) in [6.45, 7) is -0.884. The average molecular weight is 450 g/mol. The van der Waals surface area contributed by atoms with E-state index < -0.39 is 47.5 Å². The van der Waals surface area contributed by atoms with Crippen LogP contribution in [0.25, 0.3) is 0 Å². The highest BCUT2D eigenvalue weighted by Gasteiger charge is 2.93. The standard InChI is InChI=1S/C22H24ClNO7/c1-24-19(28)13-4-2-12(3-5-13)17-20(29,15(26)10-25)22(31)16(18(27)21(17,22)30)11-6-8-14(23)9-7-11/h2-9,15-18,25-27,29-31H,10H2,1H3,(H,24,28)/t15-,16?,17?,18?,20+,21+,22+/m1/s1. The van der Waals surface area contributed by atoms with E-state index in [1.54, 1.807) is 24.3 Å². The minimum absolute atomic E-state index is 0.281. The number of fused-ring (bicyclic) bond motifs is 1. The average Bonchev–Trinajstić information content (AvgIpc) is 2.79. The zero-order valence-corrected chi connectivity index (χ0v) is 17.4. The number of carbonyl (C=O) groups excluding carboxylic acids is 1. The first-order valence-corrected chi connectivity index (χ1v) is 10.2. The summed E-state index contributed by atoms with van der Waals surface area (Å²) in [5.41, 5.74) is -5.91. The largest absolute Gasteiger partial charge is 0.394 e. The van der Waals surface area contributed by atoms with Crippen LogP contribution in [-0.2, 0) is 0 Å². The smallest absolute Gasteiger partial charge is 0.251 e. The van der Waals surface area contributed by atoms with Crippen molar-refractivity contribution in [2.45, 2.75) is 40.8 Å². The summed E-state index contributed by atoms with van der Waals surface area (Å²) in [4.78, 5) is 11.8. The molecule has 2 aromatic carbocycles. The summed E-state index contributed by atoms with van der Waals surface area (Å²) >= 11 is 5.91. The van der Waals surface area contributed by atoms with Crippen LogP contribution < -0.4 is 5.32 Å². The maximum Gasteiger partial charge on any atom is 0.251 e. The molecule has 0 aromatic heterocycles. The molecular weight excluding hydrogens is 426 g/mol. The van der Waals surface area contributed by atoms with Gasteiger partial charge in [0.25, 0.3) is 5.91 Å². The summed E-state index contributed by atoms with van der Waals surface area (Å²) in [6.07, 6.45) is -3.29. The molecule has 2 saturated carbocycles. The maximum absolute atomic E-state index is 11.8. The maximum atomic E-state index is 11.8. The van der Waals surface area contributed by atoms with Gasteiger partial charge in [-0.3, -0.25) is 4.79 Å². The van der Waals surface area contributed by atoms with Gasteiger partial charge in [0.15, 0.2) is 0 Å². The van der Waals surface area contributed by atoms with E-state index in [0.29, 0.717) is 16.1 Å². The van der Waals surface area contributed by atoms with Gasteiger partial charge in [0, 0.05) is 23.6 Å². The van der Waals surface area contributed by atoms with Gasteiger partial charge in [-0.05, 0) is 35.4 Å². The van der Waals surface area contributed by atoms with Gasteiger partial charge in [0.2, 0.25) is 0 Å². The second-order valence-electron chi connectivity index (χ2n) is 8.22. The van der Waals surface area contributed by atoms with Crippen molar-refractivity contribution in [1.29, 1.82) is 0 Å². The van der Waals surface area contributed by atoms with E-state index in [-0.39, 0.29) is 11.5 Å². The number of aliphatic hydroxyl groups excluding tert-OH is 3. The van der Waals surface area contributed by atoms with Gasteiger partial charge in [0.1, 0.15) is 22.9 Å². The van der Waals surface area contributed by atoms with E-state index in [4.69, 9.17) is 11.6 Å². The summed E-state index contributed by atoms with van der Waals surface area (Å²) < 4.78 is 0. The van der Waals surface area contributed by atoms with Gasteiger partial charge in [0.05, 0.1) is 18.6 Å². The van der Waals surface area contributed by atoms with E-state index in [0.717, 1.165) is 0 Å². The number of aliphatic hydroxyl groups is 6. The minimum atomic E-state index is -2.38. The van der Waals surface area contributed by atoms with E-state index in [9.17, 15) is 35.4 Å². The number of carbonyl (C=O) groups is 1. The molecule has 0 heterocycles. The van der Waals surface area contributed by atoms with Crippen LogP contribution in [0.2, 0.25) is 5.02 Å². The lowest BCUT2D eigenvalue weighted by atomic mass is 9.30. The Morgan fingerprint density at radius 1 is 1.06 bits per heavy atom. The summed E-state index contributed by atoms with van der Waals surface area (Å²) in [7, 11) is 1.48. The summed E-state index contributed by atoms with van der Waals surface area (Å²) in [6, 6.07) is 12.0. The predicted molar refractivity (Wildman–Crippen MR) is 111 cm³/mol. The fourth-order valence-corrected chi connectivity index (χ4v) is 5.58. The molecule has 2 fully saturated rings. The molecule has 0 spiro atoms. The molecular formula is C22H24ClNO7. The third-order valence-electron chi connectivity index (χ3n) is 6.96. The van der Waals surface area contributed by atoms with E-state index in [1.807, 2.05) is 0 Å². The second-order valence-corrected chi connectivity index (χ2v) is 8.66. The first-order valence-electron chi connectivity index (χ1n) is 9.80. The molecule has 0 saturated heterocycles. The molecule has 1 amide bonds. The van der Waals surface area contributed by atoms with Crippen LogP contribution in [0, 0.1) is 0 Å². The Morgan fingerprint density at radius 2 is 1.61 bits per heavy atom. The minimum Gasteiger partial charge on any atom is -0.394 e. The van der Waals surface area contributed by atoms with Gasteiger partial charge < -0.3 is 36.0 Å². The molecule has 0 radical (unpaired) electrons. The third-order valence-corrected chi connectivity index (χ3v) is 7.21. The molecule has 7 N–H and O–H groups in total. The molecule has 2 aliphatic carbocycles. The van der Waals surface area contributed by atoms with E-state index in [1.165, 1.54) is 31.3 Å². The normalized spacial score (nSPS) is 37.2. The predicted octanol–water partition coefficient (Wildman–Crippen LogP) is -0.498. The van der Waals surface area contributed by atoms with Crippen molar-refractivity contribution >= 4 is 17.5 Å². The Hall–Kier alpha value is -2.04. The molecule has 2 aromatic rings.